The van der Waals surface area contributed by atoms with Crippen molar-refractivity contribution in [3.8, 4) is 0 Å². The highest BCUT2D eigenvalue weighted by Gasteiger charge is 2.78. The number of allylic oxidation sites excluding steroid dienone is 1. The average Bonchev–Trinajstić information content (AvgIpc) is 3.49. The third-order valence-electron chi connectivity index (χ3n) is 8.82. The zero-order valence-corrected chi connectivity index (χ0v) is 20.6. The van der Waals surface area contributed by atoms with Gasteiger partial charge >= 0.3 is 12.0 Å². The number of benzene rings is 2. The number of carbonyl (C=O) groups is 2. The smallest absolute Gasteiger partial charge is 0.407 e. The fraction of sp³-hybridized carbons (Fsp3) is 0.393. The summed E-state index contributed by atoms with van der Waals surface area (Å²) in [5.74, 6) is -0.0137. The number of hydrogen-bond acceptors (Lipinski definition) is 5. The minimum Gasteiger partial charge on any atom is -0.453 e. The molecule has 2 N–H and O–H groups in total. The second kappa shape index (κ2) is 7.52. The van der Waals surface area contributed by atoms with Crippen LogP contribution >= 0.6 is 0 Å². The Morgan fingerprint density at radius 1 is 1.17 bits per heavy atom. The third kappa shape index (κ3) is 2.97. The Morgan fingerprint density at radius 2 is 1.91 bits per heavy atom. The molecule has 2 aromatic carbocycles. The highest BCUT2D eigenvalue weighted by Crippen LogP contribution is 2.70. The van der Waals surface area contributed by atoms with Crippen molar-refractivity contribution in [1.29, 1.82) is 0 Å². The van der Waals surface area contributed by atoms with Gasteiger partial charge in [0.1, 0.15) is 11.7 Å². The number of piperidine rings is 1. The maximum atomic E-state index is 14.2. The van der Waals surface area contributed by atoms with Gasteiger partial charge in [0.15, 0.2) is 6.04 Å². The van der Waals surface area contributed by atoms with Gasteiger partial charge in [0.2, 0.25) is 0 Å². The number of nitrogens with one attached hydrogen (secondary N) is 2. The molecular formula is C28H31N4O3+. The first kappa shape index (κ1) is 22.0. The molecule has 1 saturated carbocycles. The summed E-state index contributed by atoms with van der Waals surface area (Å²) in [6.45, 7) is 4.86. The Morgan fingerprint density at radius 3 is 2.63 bits per heavy atom. The van der Waals surface area contributed by atoms with E-state index in [1.807, 2.05) is 20.0 Å². The second-order valence-corrected chi connectivity index (χ2v) is 10.6. The largest absolute Gasteiger partial charge is 0.453 e. The molecule has 6 rings (SSSR count). The molecular weight excluding hydrogens is 440 g/mol. The van der Waals surface area contributed by atoms with Crippen LogP contribution in [0.3, 0.4) is 0 Å². The number of carbonyl (C=O) groups excluding carboxylic acids is 2. The number of hydrazone groups is 1. The number of rotatable bonds is 3. The highest BCUT2D eigenvalue weighted by molar-refractivity contribution is 6.24. The number of hydrogen-bond donors (Lipinski definition) is 2. The Kier molecular flexibility index (Phi) is 4.74. The van der Waals surface area contributed by atoms with E-state index in [4.69, 9.17) is 4.74 Å². The summed E-state index contributed by atoms with van der Waals surface area (Å²) in [7, 11) is 3.36. The number of alkyl carbamates (subject to hydrolysis) is 1. The maximum Gasteiger partial charge on any atom is 0.407 e. The van der Waals surface area contributed by atoms with Crippen LogP contribution in [-0.2, 0) is 16.0 Å². The monoisotopic (exact) mass is 471 g/mol. The van der Waals surface area contributed by atoms with Crippen LogP contribution in [0.5, 0.6) is 0 Å². The number of amides is 2. The van der Waals surface area contributed by atoms with E-state index in [0.29, 0.717) is 0 Å². The van der Waals surface area contributed by atoms with Crippen molar-refractivity contribution >= 4 is 29.0 Å². The SMILES string of the molecule is COC(=O)N[C@@H]1C(=O)[N+](C)(c2ccc(C3=C(C)CNN=C3C)cc2)C2CC23Cc2ccccc2C13. The van der Waals surface area contributed by atoms with Gasteiger partial charge in [-0.3, -0.25) is 0 Å². The maximum absolute atomic E-state index is 14.2. The van der Waals surface area contributed by atoms with Gasteiger partial charge in [-0.1, -0.05) is 24.3 Å². The fourth-order valence-corrected chi connectivity index (χ4v) is 7.15. The molecule has 2 aromatic rings. The molecule has 0 aromatic heterocycles. The molecule has 2 aliphatic heterocycles. The number of nitrogens with zero attached hydrogens (tertiary/aromatic N) is 2. The van der Waals surface area contributed by atoms with Gasteiger partial charge in [-0.15, -0.1) is 0 Å². The summed E-state index contributed by atoms with van der Waals surface area (Å²) in [6, 6.07) is 16.3. The van der Waals surface area contributed by atoms with Gasteiger partial charge < -0.3 is 15.5 Å². The molecule has 2 amide bonds. The third-order valence-corrected chi connectivity index (χ3v) is 8.82. The molecule has 0 bridgehead atoms. The predicted molar refractivity (Wildman–Crippen MR) is 136 cm³/mol. The van der Waals surface area contributed by atoms with Crippen molar-refractivity contribution in [2.75, 3.05) is 20.7 Å². The Balaban J connectivity index is 1.41. The van der Waals surface area contributed by atoms with Crippen molar-refractivity contribution < 1.29 is 14.3 Å². The summed E-state index contributed by atoms with van der Waals surface area (Å²) >= 11 is 0. The normalized spacial score (nSPS) is 32.6. The van der Waals surface area contributed by atoms with E-state index in [1.165, 1.54) is 23.8 Å². The minimum absolute atomic E-state index is 0.0120. The van der Waals surface area contributed by atoms with Crippen LogP contribution in [0, 0.1) is 5.41 Å². The molecule has 1 spiro atoms. The van der Waals surface area contributed by atoms with Crippen molar-refractivity contribution in [2.45, 2.75) is 44.7 Å². The molecule has 2 heterocycles. The van der Waals surface area contributed by atoms with E-state index >= 15 is 0 Å². The average molecular weight is 472 g/mol. The van der Waals surface area contributed by atoms with E-state index in [-0.39, 0.29) is 27.8 Å². The fourth-order valence-electron chi connectivity index (χ4n) is 7.15. The van der Waals surface area contributed by atoms with Crippen LogP contribution in [0.4, 0.5) is 10.5 Å². The number of quaternary nitrogens is 1. The molecule has 4 unspecified atom stereocenters. The molecule has 5 atom stereocenters. The first-order valence-electron chi connectivity index (χ1n) is 12.2. The number of likely N-dealkylation sites (tertiary alicyclic amines) is 1. The number of fused-ring (bicyclic) bond motifs is 2. The molecule has 1 saturated heterocycles. The molecule has 35 heavy (non-hydrogen) atoms. The van der Waals surface area contributed by atoms with Gasteiger partial charge in [-0.2, -0.15) is 5.10 Å². The minimum atomic E-state index is -0.640. The van der Waals surface area contributed by atoms with Crippen LogP contribution in [0.2, 0.25) is 0 Å². The van der Waals surface area contributed by atoms with Crippen LogP contribution in [-0.4, -0.2) is 50.5 Å². The van der Waals surface area contributed by atoms with Crippen LogP contribution in [0.25, 0.3) is 5.57 Å². The zero-order valence-electron chi connectivity index (χ0n) is 20.6. The van der Waals surface area contributed by atoms with E-state index in [0.717, 1.165) is 41.9 Å². The van der Waals surface area contributed by atoms with E-state index in [2.05, 4.69) is 65.2 Å². The van der Waals surface area contributed by atoms with Crippen LogP contribution in [0.1, 0.15) is 42.9 Å². The predicted octanol–water partition coefficient (Wildman–Crippen LogP) is 3.74. The zero-order chi connectivity index (χ0) is 24.5. The number of methoxy groups -OCH3 is 1. The molecule has 7 nitrogen and oxygen atoms in total. The summed E-state index contributed by atoms with van der Waals surface area (Å²) in [6.07, 6.45) is 1.33. The van der Waals surface area contributed by atoms with Crippen molar-refractivity contribution in [3.05, 3.63) is 70.8 Å². The quantitative estimate of drug-likeness (QED) is 0.669. The van der Waals surface area contributed by atoms with Crippen molar-refractivity contribution in [2.24, 2.45) is 10.5 Å². The molecule has 0 radical (unpaired) electrons. The molecule has 7 heteroatoms. The lowest BCUT2D eigenvalue weighted by Crippen LogP contribution is -2.67. The Hall–Kier alpha value is -3.45. The standard InChI is InChI=1S/C28H30N4O3/c1-16-15-29-31-17(2)23(16)18-9-11-20(12-10-18)32(3)22-14-28(22)13-19-7-5-6-8-21(19)24(28)25(26(32)33)30-27(34)35-4/h5-12,22,24-25,29H,13-15H2,1-4H3/p+1/t22?,24?,25-,28?,32?/m0/s1. The van der Waals surface area contributed by atoms with Crippen molar-refractivity contribution in [3.63, 3.8) is 0 Å². The lowest BCUT2D eigenvalue weighted by Gasteiger charge is -2.43. The number of likely N-dealkylation sites (N-methyl/N-ethyl adjacent to an activating group) is 1. The lowest BCUT2D eigenvalue weighted by molar-refractivity contribution is -0.136. The molecule has 2 aliphatic carbocycles. The van der Waals surface area contributed by atoms with Gasteiger partial charge in [-0.05, 0) is 54.7 Å². The van der Waals surface area contributed by atoms with Crippen molar-refractivity contribution in [1.82, 2.24) is 15.2 Å². The first-order chi connectivity index (χ1) is 16.8. The molecule has 4 aliphatic rings. The molecule has 180 valence electrons. The second-order valence-electron chi connectivity index (χ2n) is 10.6. The van der Waals surface area contributed by atoms with Gasteiger partial charge in [-0.25, -0.2) is 14.1 Å². The van der Waals surface area contributed by atoms with Gasteiger partial charge in [0.05, 0.1) is 26.4 Å². The topological polar surface area (TPSA) is 79.8 Å². The van der Waals surface area contributed by atoms with Crippen LogP contribution < -0.4 is 15.2 Å². The summed E-state index contributed by atoms with van der Waals surface area (Å²) in [5, 5.41) is 7.32. The highest BCUT2D eigenvalue weighted by atomic mass is 16.5. The van der Waals surface area contributed by atoms with Crippen LogP contribution in [0.15, 0.2) is 59.2 Å². The number of ether oxygens (including phenoxy) is 1. The van der Waals surface area contributed by atoms with E-state index in [9.17, 15) is 9.59 Å². The van der Waals surface area contributed by atoms with E-state index < -0.39 is 12.1 Å². The Labute approximate surface area is 205 Å². The lowest BCUT2D eigenvalue weighted by atomic mass is 9.78. The van der Waals surface area contributed by atoms with Gasteiger partial charge in [0.25, 0.3) is 0 Å². The summed E-state index contributed by atoms with van der Waals surface area (Å²) in [4.78, 5) is 26.6. The summed E-state index contributed by atoms with van der Waals surface area (Å²) in [5.41, 5.74) is 10.9. The first-order valence-corrected chi connectivity index (χ1v) is 12.2. The Bertz CT molecular complexity index is 1310. The van der Waals surface area contributed by atoms with E-state index in [1.54, 1.807) is 0 Å². The van der Waals surface area contributed by atoms with Gasteiger partial charge in [0, 0.05) is 35.5 Å². The summed E-state index contributed by atoms with van der Waals surface area (Å²) < 4.78 is 5.12. The molecule has 2 fully saturated rings.